The summed E-state index contributed by atoms with van der Waals surface area (Å²) in [6.45, 7) is 7.74. The maximum atomic E-state index is 14.1. The van der Waals surface area contributed by atoms with Crippen molar-refractivity contribution in [2.45, 2.75) is 32.7 Å². The Hall–Kier alpha value is -0.420. The van der Waals surface area contributed by atoms with E-state index in [4.69, 9.17) is 0 Å². The fraction of sp³-hybridized carbons (Fsp3) is 0.625. The first-order chi connectivity index (χ1) is 9.59. The smallest absolute Gasteiger partial charge is 0.130 e. The molecule has 1 N–H and O–H groups in total. The van der Waals surface area contributed by atoms with Gasteiger partial charge in [0.05, 0.1) is 0 Å². The van der Waals surface area contributed by atoms with Gasteiger partial charge in [0.2, 0.25) is 0 Å². The summed E-state index contributed by atoms with van der Waals surface area (Å²) in [6, 6.07) is 4.01. The third-order valence-corrected chi connectivity index (χ3v) is 3.94. The van der Waals surface area contributed by atoms with Gasteiger partial charge in [-0.3, -0.25) is 4.90 Å². The van der Waals surface area contributed by atoms with E-state index in [9.17, 15) is 8.78 Å². The number of piperazine rings is 1. The SMILES string of the molecule is CC(C)CC[C@@H](c1c(F)cccc1F)N1CCNCC1.Cl.Cl. The van der Waals surface area contributed by atoms with Gasteiger partial charge in [-0.1, -0.05) is 19.9 Å². The van der Waals surface area contributed by atoms with Crippen molar-refractivity contribution in [3.05, 3.63) is 35.4 Å². The molecule has 22 heavy (non-hydrogen) atoms. The van der Waals surface area contributed by atoms with Crippen molar-refractivity contribution < 1.29 is 8.78 Å². The Morgan fingerprint density at radius 3 is 2.09 bits per heavy atom. The Balaban J connectivity index is 0.00000220. The molecule has 1 atom stereocenters. The zero-order valence-corrected chi connectivity index (χ0v) is 14.8. The minimum atomic E-state index is -0.419. The lowest BCUT2D eigenvalue weighted by molar-refractivity contribution is 0.153. The fourth-order valence-electron chi connectivity index (χ4n) is 2.82. The summed E-state index contributed by atoms with van der Waals surface area (Å²) in [5.41, 5.74) is 0.245. The monoisotopic (exact) mass is 354 g/mol. The Kier molecular flexibility index (Phi) is 10.2. The molecule has 0 aliphatic carbocycles. The van der Waals surface area contributed by atoms with Crippen LogP contribution in [0.4, 0.5) is 8.78 Å². The molecule has 1 aliphatic rings. The van der Waals surface area contributed by atoms with Gasteiger partial charge < -0.3 is 5.32 Å². The van der Waals surface area contributed by atoms with Crippen LogP contribution in [-0.2, 0) is 0 Å². The zero-order chi connectivity index (χ0) is 14.5. The normalized spacial score (nSPS) is 16.8. The molecule has 1 aromatic carbocycles. The molecule has 6 heteroatoms. The molecule has 0 aromatic heterocycles. The van der Waals surface area contributed by atoms with Crippen molar-refractivity contribution in [1.29, 1.82) is 0 Å². The van der Waals surface area contributed by atoms with E-state index in [1.807, 2.05) is 0 Å². The van der Waals surface area contributed by atoms with Gasteiger partial charge >= 0.3 is 0 Å². The van der Waals surface area contributed by atoms with Gasteiger partial charge in [-0.2, -0.15) is 0 Å². The lowest BCUT2D eigenvalue weighted by atomic mass is 9.95. The summed E-state index contributed by atoms with van der Waals surface area (Å²) < 4.78 is 28.2. The van der Waals surface area contributed by atoms with Crippen LogP contribution >= 0.6 is 24.8 Å². The van der Waals surface area contributed by atoms with Gasteiger partial charge in [0, 0.05) is 37.8 Å². The average Bonchev–Trinajstić information content (AvgIpc) is 2.42. The first-order valence-corrected chi connectivity index (χ1v) is 7.48. The van der Waals surface area contributed by atoms with Crippen molar-refractivity contribution in [2.24, 2.45) is 5.92 Å². The van der Waals surface area contributed by atoms with Gasteiger partial charge in [0.15, 0.2) is 0 Å². The number of hydrogen-bond donors (Lipinski definition) is 1. The number of nitrogens with one attached hydrogen (secondary N) is 1. The molecular weight excluding hydrogens is 329 g/mol. The first-order valence-electron chi connectivity index (χ1n) is 7.48. The zero-order valence-electron chi connectivity index (χ0n) is 13.1. The maximum Gasteiger partial charge on any atom is 0.130 e. The summed E-state index contributed by atoms with van der Waals surface area (Å²) in [5.74, 6) is -0.301. The third-order valence-electron chi connectivity index (χ3n) is 3.94. The van der Waals surface area contributed by atoms with E-state index in [0.29, 0.717) is 5.92 Å². The highest BCUT2D eigenvalue weighted by Crippen LogP contribution is 2.31. The molecule has 2 rings (SSSR count). The Bertz CT molecular complexity index is 418. The number of halogens is 4. The molecule has 1 fully saturated rings. The number of rotatable bonds is 5. The molecule has 0 amide bonds. The van der Waals surface area contributed by atoms with E-state index in [-0.39, 0.29) is 36.4 Å². The summed E-state index contributed by atoms with van der Waals surface area (Å²) in [4.78, 5) is 2.21. The third kappa shape index (κ3) is 5.65. The van der Waals surface area contributed by atoms with Crippen molar-refractivity contribution in [2.75, 3.05) is 26.2 Å². The number of nitrogens with zero attached hydrogens (tertiary/aromatic N) is 1. The first kappa shape index (κ1) is 21.6. The molecule has 1 saturated heterocycles. The second kappa shape index (κ2) is 10.4. The van der Waals surface area contributed by atoms with E-state index in [1.165, 1.54) is 18.2 Å². The molecule has 1 aliphatic heterocycles. The van der Waals surface area contributed by atoms with Crippen LogP contribution in [-0.4, -0.2) is 31.1 Å². The summed E-state index contributed by atoms with van der Waals surface area (Å²) in [5, 5.41) is 3.29. The summed E-state index contributed by atoms with van der Waals surface area (Å²) in [7, 11) is 0. The molecule has 0 unspecified atom stereocenters. The minimum absolute atomic E-state index is 0. The minimum Gasteiger partial charge on any atom is -0.314 e. The molecule has 0 bridgehead atoms. The highest BCUT2D eigenvalue weighted by Gasteiger charge is 2.27. The Morgan fingerprint density at radius 1 is 1.05 bits per heavy atom. The van der Waals surface area contributed by atoms with Crippen LogP contribution in [0.25, 0.3) is 0 Å². The maximum absolute atomic E-state index is 14.1. The molecule has 1 aromatic rings. The van der Waals surface area contributed by atoms with Crippen LogP contribution in [0.2, 0.25) is 0 Å². The van der Waals surface area contributed by atoms with Crippen LogP contribution < -0.4 is 5.32 Å². The molecule has 0 saturated carbocycles. The summed E-state index contributed by atoms with van der Waals surface area (Å²) >= 11 is 0. The van der Waals surface area contributed by atoms with Crippen molar-refractivity contribution in [1.82, 2.24) is 10.2 Å². The van der Waals surface area contributed by atoms with Gasteiger partial charge in [-0.05, 0) is 30.9 Å². The largest absolute Gasteiger partial charge is 0.314 e. The lowest BCUT2D eigenvalue weighted by Gasteiger charge is -2.36. The van der Waals surface area contributed by atoms with Crippen LogP contribution in [0.1, 0.15) is 38.3 Å². The van der Waals surface area contributed by atoms with Gasteiger partial charge in [0.25, 0.3) is 0 Å². The second-order valence-electron chi connectivity index (χ2n) is 5.91. The standard InChI is InChI=1S/C16H24F2N2.2ClH/c1-12(2)6-7-15(20-10-8-19-9-11-20)16-13(17)4-3-5-14(16)18;;/h3-5,12,15,19H,6-11H2,1-2H3;2*1H/t15-;;/m0../s1. The van der Waals surface area contributed by atoms with Crippen LogP contribution in [0.15, 0.2) is 18.2 Å². The molecule has 0 spiro atoms. The number of hydrogen-bond acceptors (Lipinski definition) is 2. The second-order valence-corrected chi connectivity index (χ2v) is 5.91. The lowest BCUT2D eigenvalue weighted by Crippen LogP contribution is -2.45. The topological polar surface area (TPSA) is 15.3 Å². The highest BCUT2D eigenvalue weighted by molar-refractivity contribution is 5.85. The van der Waals surface area contributed by atoms with Crippen LogP contribution in [0, 0.1) is 17.6 Å². The highest BCUT2D eigenvalue weighted by atomic mass is 35.5. The van der Waals surface area contributed by atoms with Crippen molar-refractivity contribution in [3.63, 3.8) is 0 Å². The van der Waals surface area contributed by atoms with Gasteiger partial charge in [-0.25, -0.2) is 8.78 Å². The predicted octanol–water partition coefficient (Wildman–Crippen LogP) is 4.19. The number of benzene rings is 1. The van der Waals surface area contributed by atoms with Crippen molar-refractivity contribution in [3.8, 4) is 0 Å². The van der Waals surface area contributed by atoms with E-state index < -0.39 is 11.6 Å². The molecule has 2 nitrogen and oxygen atoms in total. The van der Waals surface area contributed by atoms with E-state index >= 15 is 0 Å². The molecule has 128 valence electrons. The van der Waals surface area contributed by atoms with Crippen LogP contribution in [0.3, 0.4) is 0 Å². The molecule has 0 radical (unpaired) electrons. The average molecular weight is 355 g/mol. The summed E-state index contributed by atoms with van der Waals surface area (Å²) in [6.07, 6.45) is 1.78. The fourth-order valence-corrected chi connectivity index (χ4v) is 2.82. The predicted molar refractivity (Wildman–Crippen MR) is 92.1 cm³/mol. The van der Waals surface area contributed by atoms with E-state index in [0.717, 1.165) is 39.0 Å². The van der Waals surface area contributed by atoms with E-state index in [1.54, 1.807) is 0 Å². The Morgan fingerprint density at radius 2 is 1.59 bits per heavy atom. The van der Waals surface area contributed by atoms with E-state index in [2.05, 4.69) is 24.1 Å². The quantitative estimate of drug-likeness (QED) is 0.852. The van der Waals surface area contributed by atoms with Crippen molar-refractivity contribution >= 4 is 24.8 Å². The molecular formula is C16H26Cl2F2N2. The molecule has 1 heterocycles. The van der Waals surface area contributed by atoms with Crippen LogP contribution in [0.5, 0.6) is 0 Å². The van der Waals surface area contributed by atoms with Gasteiger partial charge in [0.1, 0.15) is 11.6 Å². The van der Waals surface area contributed by atoms with Gasteiger partial charge in [-0.15, -0.1) is 24.8 Å². The Labute approximate surface area is 144 Å².